The molecule has 0 bridgehead atoms. The summed E-state index contributed by atoms with van der Waals surface area (Å²) in [7, 11) is 1.63. The van der Waals surface area contributed by atoms with Gasteiger partial charge in [0.1, 0.15) is 11.6 Å². The molecule has 7 heteroatoms. The van der Waals surface area contributed by atoms with E-state index >= 15 is 0 Å². The average molecular weight is 371 g/mol. The molecule has 1 saturated heterocycles. The molecule has 0 saturated carbocycles. The van der Waals surface area contributed by atoms with Gasteiger partial charge in [-0.15, -0.1) is 0 Å². The smallest absolute Gasteiger partial charge is 0.321 e. The van der Waals surface area contributed by atoms with E-state index in [-0.39, 0.29) is 6.03 Å². The molecule has 1 aliphatic rings. The minimum absolute atomic E-state index is 0.0449. The fourth-order valence-corrected chi connectivity index (χ4v) is 3.31. The zero-order valence-corrected chi connectivity index (χ0v) is 16.4. The Morgan fingerprint density at radius 3 is 2.48 bits per heavy atom. The lowest BCUT2D eigenvalue weighted by atomic mass is 10.2. The summed E-state index contributed by atoms with van der Waals surface area (Å²) in [5.74, 6) is 2.34. The normalized spacial score (nSPS) is 15.2. The summed E-state index contributed by atoms with van der Waals surface area (Å²) in [6, 6.07) is 7.34. The van der Waals surface area contributed by atoms with Crippen molar-refractivity contribution in [1.29, 1.82) is 0 Å². The predicted octanol–water partition coefficient (Wildman–Crippen LogP) is 2.86. The number of benzene rings is 1. The molecule has 1 aliphatic heterocycles. The van der Waals surface area contributed by atoms with Crippen LogP contribution >= 0.6 is 0 Å². The lowest BCUT2D eigenvalue weighted by Crippen LogP contribution is -2.50. The van der Waals surface area contributed by atoms with Crippen molar-refractivity contribution in [3.63, 3.8) is 0 Å². The number of ether oxygens (including phenoxy) is 1. The van der Waals surface area contributed by atoms with Crippen molar-refractivity contribution in [2.45, 2.75) is 26.3 Å². The molecule has 146 valence electrons. The van der Waals surface area contributed by atoms with Crippen LogP contribution < -0.4 is 10.1 Å². The number of piperazine rings is 1. The molecule has 2 aromatic rings. The molecule has 0 atom stereocenters. The van der Waals surface area contributed by atoms with Gasteiger partial charge in [-0.2, -0.15) is 0 Å². The Balaban J connectivity index is 1.44. The van der Waals surface area contributed by atoms with Crippen molar-refractivity contribution in [1.82, 2.24) is 19.4 Å². The molecule has 0 spiro atoms. The predicted molar refractivity (Wildman–Crippen MR) is 106 cm³/mol. The summed E-state index contributed by atoms with van der Waals surface area (Å²) in [5, 5.41) is 2.95. The van der Waals surface area contributed by atoms with Gasteiger partial charge in [-0.25, -0.2) is 9.78 Å². The van der Waals surface area contributed by atoms with Gasteiger partial charge in [0.15, 0.2) is 0 Å². The van der Waals surface area contributed by atoms with Gasteiger partial charge in [0.25, 0.3) is 0 Å². The molecule has 1 fully saturated rings. The van der Waals surface area contributed by atoms with E-state index in [9.17, 15) is 4.79 Å². The van der Waals surface area contributed by atoms with Crippen LogP contribution in [0.3, 0.4) is 0 Å². The van der Waals surface area contributed by atoms with Gasteiger partial charge in [-0.3, -0.25) is 4.90 Å². The molecular weight excluding hydrogens is 342 g/mol. The van der Waals surface area contributed by atoms with Crippen molar-refractivity contribution in [2.75, 3.05) is 45.2 Å². The number of aromatic nitrogens is 2. The lowest BCUT2D eigenvalue weighted by Gasteiger charge is -2.34. The minimum Gasteiger partial charge on any atom is -0.497 e. The molecule has 1 N–H and O–H groups in total. The number of carbonyl (C=O) groups is 1. The van der Waals surface area contributed by atoms with E-state index in [4.69, 9.17) is 4.74 Å². The Labute approximate surface area is 160 Å². The Bertz CT molecular complexity index is 733. The number of methoxy groups -OCH3 is 1. The molecule has 0 radical (unpaired) electrons. The van der Waals surface area contributed by atoms with Crippen LogP contribution in [0.4, 0.5) is 10.5 Å². The third-order valence-electron chi connectivity index (χ3n) is 4.92. The Hall–Kier alpha value is -2.54. The van der Waals surface area contributed by atoms with Crippen LogP contribution in [-0.4, -0.2) is 65.2 Å². The van der Waals surface area contributed by atoms with E-state index in [1.54, 1.807) is 7.11 Å². The number of urea groups is 1. The maximum atomic E-state index is 12.4. The van der Waals surface area contributed by atoms with Crippen LogP contribution in [-0.2, 0) is 6.54 Å². The van der Waals surface area contributed by atoms with Crippen LogP contribution in [0.25, 0.3) is 0 Å². The van der Waals surface area contributed by atoms with Crippen molar-refractivity contribution >= 4 is 11.7 Å². The number of hydrogen-bond donors (Lipinski definition) is 1. The summed E-state index contributed by atoms with van der Waals surface area (Å²) >= 11 is 0. The molecule has 0 aliphatic carbocycles. The van der Waals surface area contributed by atoms with E-state index in [0.29, 0.717) is 5.92 Å². The second-order valence-corrected chi connectivity index (χ2v) is 7.12. The van der Waals surface area contributed by atoms with Crippen LogP contribution in [0.1, 0.15) is 25.6 Å². The lowest BCUT2D eigenvalue weighted by molar-refractivity contribution is 0.144. The first-order valence-electron chi connectivity index (χ1n) is 9.50. The van der Waals surface area contributed by atoms with Crippen molar-refractivity contribution in [3.05, 3.63) is 42.5 Å². The van der Waals surface area contributed by atoms with Crippen LogP contribution in [0.2, 0.25) is 0 Å². The maximum absolute atomic E-state index is 12.4. The summed E-state index contributed by atoms with van der Waals surface area (Å²) < 4.78 is 7.37. The van der Waals surface area contributed by atoms with Crippen LogP contribution in [0.15, 0.2) is 36.7 Å². The number of rotatable bonds is 6. The van der Waals surface area contributed by atoms with E-state index in [1.165, 1.54) is 0 Å². The second kappa shape index (κ2) is 8.90. The van der Waals surface area contributed by atoms with Gasteiger partial charge in [-0.1, -0.05) is 13.8 Å². The molecule has 27 heavy (non-hydrogen) atoms. The minimum atomic E-state index is -0.0449. The summed E-state index contributed by atoms with van der Waals surface area (Å²) in [4.78, 5) is 21.2. The van der Waals surface area contributed by atoms with Gasteiger partial charge in [-0.05, 0) is 24.3 Å². The quantitative estimate of drug-likeness (QED) is 0.848. The largest absolute Gasteiger partial charge is 0.497 e. The SMILES string of the molecule is COc1ccc(NC(=O)N2CCN(CCn3ccnc3C(C)C)CC2)cc1. The fraction of sp³-hybridized carbons (Fsp3) is 0.500. The van der Waals surface area contributed by atoms with E-state index in [1.807, 2.05) is 41.6 Å². The maximum Gasteiger partial charge on any atom is 0.321 e. The van der Waals surface area contributed by atoms with E-state index in [0.717, 1.165) is 56.5 Å². The third kappa shape index (κ3) is 5.01. The molecule has 1 aromatic carbocycles. The number of nitrogens with one attached hydrogen (secondary N) is 1. The average Bonchev–Trinajstić information content (AvgIpc) is 3.16. The number of imidazole rings is 1. The number of nitrogens with zero attached hydrogens (tertiary/aromatic N) is 4. The number of hydrogen-bond acceptors (Lipinski definition) is 4. The van der Waals surface area contributed by atoms with Gasteiger partial charge in [0.05, 0.1) is 7.11 Å². The Morgan fingerprint density at radius 1 is 1.15 bits per heavy atom. The van der Waals surface area contributed by atoms with Gasteiger partial charge >= 0.3 is 6.03 Å². The van der Waals surface area contributed by atoms with Gasteiger partial charge in [0.2, 0.25) is 0 Å². The standard InChI is InChI=1S/C20H29N5O2/c1-16(2)19-21-8-9-24(19)13-10-23-11-14-25(15-12-23)20(26)22-17-4-6-18(27-3)7-5-17/h4-9,16H,10-15H2,1-3H3,(H,22,26). The summed E-state index contributed by atoms with van der Waals surface area (Å²) in [6.07, 6.45) is 3.92. The zero-order valence-electron chi connectivity index (χ0n) is 16.4. The fourth-order valence-electron chi connectivity index (χ4n) is 3.31. The second-order valence-electron chi connectivity index (χ2n) is 7.12. The highest BCUT2D eigenvalue weighted by atomic mass is 16.5. The molecule has 1 aromatic heterocycles. The van der Waals surface area contributed by atoms with Crippen LogP contribution in [0, 0.1) is 0 Å². The number of carbonyl (C=O) groups excluding carboxylic acids is 1. The highest BCUT2D eigenvalue weighted by Crippen LogP contribution is 2.16. The van der Waals surface area contributed by atoms with Crippen molar-refractivity contribution in [3.8, 4) is 5.75 Å². The molecule has 2 heterocycles. The van der Waals surface area contributed by atoms with Crippen LogP contribution in [0.5, 0.6) is 5.75 Å². The first kappa shape index (κ1) is 19.2. The molecule has 3 rings (SSSR count). The van der Waals surface area contributed by atoms with Crippen molar-refractivity contribution in [2.24, 2.45) is 0 Å². The number of anilines is 1. The van der Waals surface area contributed by atoms with Crippen molar-refractivity contribution < 1.29 is 9.53 Å². The topological polar surface area (TPSA) is 62.6 Å². The van der Waals surface area contributed by atoms with E-state index < -0.39 is 0 Å². The Morgan fingerprint density at radius 2 is 1.85 bits per heavy atom. The van der Waals surface area contributed by atoms with E-state index in [2.05, 4.69) is 33.6 Å². The summed E-state index contributed by atoms with van der Waals surface area (Å²) in [6.45, 7) is 9.50. The molecule has 0 unspecified atom stereocenters. The summed E-state index contributed by atoms with van der Waals surface area (Å²) in [5.41, 5.74) is 0.782. The third-order valence-corrected chi connectivity index (χ3v) is 4.92. The zero-order chi connectivity index (χ0) is 19.2. The molecule has 7 nitrogen and oxygen atoms in total. The first-order valence-corrected chi connectivity index (χ1v) is 9.50. The highest BCUT2D eigenvalue weighted by molar-refractivity contribution is 5.89. The molecular formula is C20H29N5O2. The molecule has 2 amide bonds. The first-order chi connectivity index (χ1) is 13.1. The number of amides is 2. The Kier molecular flexibility index (Phi) is 6.34. The monoisotopic (exact) mass is 371 g/mol. The van der Waals surface area contributed by atoms with Gasteiger partial charge < -0.3 is 19.5 Å². The van der Waals surface area contributed by atoms with Gasteiger partial charge in [0, 0.05) is 63.3 Å². The highest BCUT2D eigenvalue weighted by Gasteiger charge is 2.21.